The van der Waals surface area contributed by atoms with Gasteiger partial charge in [0.2, 0.25) is 0 Å². The number of ether oxygens (including phenoxy) is 1. The molecular weight excluding hydrogens is 342 g/mol. The summed E-state index contributed by atoms with van der Waals surface area (Å²) in [6.45, 7) is 2.88. The van der Waals surface area contributed by atoms with Gasteiger partial charge >= 0.3 is 0 Å². The van der Waals surface area contributed by atoms with Gasteiger partial charge < -0.3 is 10.5 Å². The second-order valence-electron chi connectivity index (χ2n) is 4.47. The molecule has 1 aromatic carbocycles. The molecule has 1 atom stereocenters. The van der Waals surface area contributed by atoms with E-state index in [0.29, 0.717) is 5.02 Å². The summed E-state index contributed by atoms with van der Waals surface area (Å²) in [4.78, 5) is 0. The van der Waals surface area contributed by atoms with Crippen molar-refractivity contribution in [3.05, 3.63) is 45.1 Å². The molecule has 2 rings (SSSR count). The molecule has 0 aliphatic rings. The summed E-state index contributed by atoms with van der Waals surface area (Å²) in [6.07, 6.45) is 2.61. The van der Waals surface area contributed by atoms with Gasteiger partial charge in [0.15, 0.2) is 0 Å². The van der Waals surface area contributed by atoms with Crippen molar-refractivity contribution in [1.29, 1.82) is 0 Å². The number of benzene rings is 1. The first-order valence-corrected chi connectivity index (χ1v) is 7.55. The Morgan fingerprint density at radius 2 is 2.25 bits per heavy atom. The lowest BCUT2D eigenvalue weighted by Crippen LogP contribution is -2.18. The van der Waals surface area contributed by atoms with Gasteiger partial charge in [-0.15, -0.1) is 0 Å². The molecule has 1 aromatic heterocycles. The Morgan fingerprint density at radius 3 is 2.90 bits per heavy atom. The van der Waals surface area contributed by atoms with Crippen LogP contribution in [0.3, 0.4) is 0 Å². The molecule has 2 N–H and O–H groups in total. The standard InChI is InChI=1S/C14H17BrClN3O/c1-3-6-19-14(12(16)8-18-19)13(17)10-7-9(20-2)4-5-11(10)15/h4-5,7-8,13H,3,6,17H2,1-2H3. The van der Waals surface area contributed by atoms with Crippen molar-refractivity contribution in [1.82, 2.24) is 9.78 Å². The topological polar surface area (TPSA) is 53.1 Å². The van der Waals surface area contributed by atoms with Crippen molar-refractivity contribution in [2.24, 2.45) is 5.73 Å². The number of aromatic nitrogens is 2. The molecule has 1 unspecified atom stereocenters. The summed E-state index contributed by atoms with van der Waals surface area (Å²) in [6, 6.07) is 5.35. The van der Waals surface area contributed by atoms with Gasteiger partial charge in [-0.25, -0.2) is 0 Å². The maximum atomic E-state index is 6.39. The molecule has 0 bridgehead atoms. The van der Waals surface area contributed by atoms with Crippen LogP contribution < -0.4 is 10.5 Å². The lowest BCUT2D eigenvalue weighted by molar-refractivity contribution is 0.414. The van der Waals surface area contributed by atoms with Crippen LogP contribution in [0.25, 0.3) is 0 Å². The van der Waals surface area contributed by atoms with Crippen LogP contribution >= 0.6 is 27.5 Å². The average molecular weight is 359 g/mol. The molecule has 0 fully saturated rings. The molecule has 0 saturated carbocycles. The quantitative estimate of drug-likeness (QED) is 0.885. The fourth-order valence-electron chi connectivity index (χ4n) is 2.11. The normalized spacial score (nSPS) is 12.4. The molecule has 0 spiro atoms. The third kappa shape index (κ3) is 3.00. The van der Waals surface area contributed by atoms with Gasteiger partial charge in [0.1, 0.15) is 5.75 Å². The van der Waals surface area contributed by atoms with Crippen molar-refractivity contribution in [3.8, 4) is 5.75 Å². The number of halogens is 2. The van der Waals surface area contributed by atoms with E-state index in [4.69, 9.17) is 22.1 Å². The first-order valence-electron chi connectivity index (χ1n) is 6.38. The summed E-state index contributed by atoms with van der Waals surface area (Å²) in [7, 11) is 1.63. The molecule has 2 aromatic rings. The molecule has 0 aliphatic carbocycles. The van der Waals surface area contributed by atoms with Gasteiger partial charge in [-0.05, 0) is 30.2 Å². The van der Waals surface area contributed by atoms with Crippen LogP contribution in [-0.2, 0) is 6.54 Å². The number of methoxy groups -OCH3 is 1. The van der Waals surface area contributed by atoms with Crippen molar-refractivity contribution in [2.75, 3.05) is 7.11 Å². The lowest BCUT2D eigenvalue weighted by Gasteiger charge is -2.17. The van der Waals surface area contributed by atoms with E-state index in [1.165, 1.54) is 0 Å². The SMILES string of the molecule is CCCn1ncc(Cl)c1C(N)c1cc(OC)ccc1Br. The molecule has 108 valence electrons. The maximum Gasteiger partial charge on any atom is 0.119 e. The van der Waals surface area contributed by atoms with Gasteiger partial charge in [-0.1, -0.05) is 34.5 Å². The number of rotatable bonds is 5. The number of nitrogens with zero attached hydrogens (tertiary/aromatic N) is 2. The van der Waals surface area contributed by atoms with Gasteiger partial charge in [-0.3, -0.25) is 4.68 Å². The Hall–Kier alpha value is -1.04. The molecule has 6 heteroatoms. The second-order valence-corrected chi connectivity index (χ2v) is 5.73. The predicted octanol–water partition coefficient (Wildman–Crippen LogP) is 3.77. The Kier molecular flexibility index (Phi) is 5.07. The Morgan fingerprint density at radius 1 is 1.50 bits per heavy atom. The van der Waals surface area contributed by atoms with Crippen molar-refractivity contribution in [2.45, 2.75) is 25.9 Å². The lowest BCUT2D eigenvalue weighted by atomic mass is 10.0. The highest BCUT2D eigenvalue weighted by atomic mass is 79.9. The third-order valence-electron chi connectivity index (χ3n) is 3.10. The zero-order chi connectivity index (χ0) is 14.7. The largest absolute Gasteiger partial charge is 0.497 e. The van der Waals surface area contributed by atoms with Crippen molar-refractivity contribution in [3.63, 3.8) is 0 Å². The Labute approximate surface area is 132 Å². The molecule has 1 heterocycles. The zero-order valence-electron chi connectivity index (χ0n) is 11.4. The Bertz CT molecular complexity index is 600. The minimum atomic E-state index is -0.360. The molecule has 0 amide bonds. The van der Waals surface area contributed by atoms with Crippen molar-refractivity contribution >= 4 is 27.5 Å². The summed E-state index contributed by atoms with van der Waals surface area (Å²) in [5, 5.41) is 4.87. The maximum absolute atomic E-state index is 6.39. The fraction of sp³-hybridized carbons (Fsp3) is 0.357. The molecule has 4 nitrogen and oxygen atoms in total. The van der Waals surface area contributed by atoms with E-state index < -0.39 is 0 Å². The molecule has 0 saturated heterocycles. The van der Waals surface area contributed by atoms with Crippen molar-refractivity contribution < 1.29 is 4.74 Å². The average Bonchev–Trinajstić information content (AvgIpc) is 2.80. The van der Waals surface area contributed by atoms with Crippen LogP contribution in [0.4, 0.5) is 0 Å². The van der Waals surface area contributed by atoms with Gasteiger partial charge in [0.25, 0.3) is 0 Å². The minimum absolute atomic E-state index is 0.360. The monoisotopic (exact) mass is 357 g/mol. The van der Waals surface area contributed by atoms with Crippen LogP contribution in [0, 0.1) is 0 Å². The summed E-state index contributed by atoms with van der Waals surface area (Å²) >= 11 is 9.77. The molecule has 0 aliphatic heterocycles. The summed E-state index contributed by atoms with van der Waals surface area (Å²) in [5.74, 6) is 0.760. The van der Waals surface area contributed by atoms with Crippen LogP contribution in [0.2, 0.25) is 5.02 Å². The van der Waals surface area contributed by atoms with E-state index in [1.54, 1.807) is 13.3 Å². The number of hydrogen-bond acceptors (Lipinski definition) is 3. The highest BCUT2D eigenvalue weighted by molar-refractivity contribution is 9.10. The van der Waals surface area contributed by atoms with Crippen LogP contribution in [0.5, 0.6) is 5.75 Å². The van der Waals surface area contributed by atoms with Crippen LogP contribution in [-0.4, -0.2) is 16.9 Å². The van der Waals surface area contributed by atoms with Gasteiger partial charge in [0.05, 0.1) is 30.1 Å². The summed E-state index contributed by atoms with van der Waals surface area (Å²) < 4.78 is 8.04. The fourth-order valence-corrected chi connectivity index (χ4v) is 2.86. The van der Waals surface area contributed by atoms with E-state index in [1.807, 2.05) is 22.9 Å². The Balaban J connectivity index is 2.45. The second kappa shape index (κ2) is 6.61. The van der Waals surface area contributed by atoms with Gasteiger partial charge in [0, 0.05) is 11.0 Å². The highest BCUT2D eigenvalue weighted by Crippen LogP contribution is 2.33. The van der Waals surface area contributed by atoms with Crippen LogP contribution in [0.15, 0.2) is 28.9 Å². The first kappa shape index (κ1) is 15.4. The number of aryl methyl sites for hydroxylation is 1. The van der Waals surface area contributed by atoms with E-state index in [9.17, 15) is 0 Å². The molecule has 20 heavy (non-hydrogen) atoms. The molecule has 0 radical (unpaired) electrons. The zero-order valence-corrected chi connectivity index (χ0v) is 13.8. The highest BCUT2D eigenvalue weighted by Gasteiger charge is 2.20. The number of hydrogen-bond donors (Lipinski definition) is 1. The molecular formula is C14H17BrClN3O. The smallest absolute Gasteiger partial charge is 0.119 e. The number of nitrogens with two attached hydrogens (primary N) is 1. The van der Waals surface area contributed by atoms with E-state index >= 15 is 0 Å². The summed E-state index contributed by atoms with van der Waals surface area (Å²) in [5.41, 5.74) is 8.13. The van der Waals surface area contributed by atoms with Crippen LogP contribution in [0.1, 0.15) is 30.6 Å². The van der Waals surface area contributed by atoms with E-state index in [2.05, 4.69) is 28.0 Å². The first-order chi connectivity index (χ1) is 9.58. The van der Waals surface area contributed by atoms with E-state index in [0.717, 1.165) is 34.4 Å². The minimum Gasteiger partial charge on any atom is -0.497 e. The van der Waals surface area contributed by atoms with Gasteiger partial charge in [-0.2, -0.15) is 5.10 Å². The third-order valence-corrected chi connectivity index (χ3v) is 4.11. The predicted molar refractivity (Wildman–Crippen MR) is 84.3 cm³/mol. The van der Waals surface area contributed by atoms with E-state index in [-0.39, 0.29) is 6.04 Å².